The van der Waals surface area contributed by atoms with Gasteiger partial charge >= 0.3 is 0 Å². The molecule has 0 aromatic heterocycles. The number of aliphatic hydroxyl groups excluding tert-OH is 1. The second-order valence-electron chi connectivity index (χ2n) is 6.55. The van der Waals surface area contributed by atoms with Crippen LogP contribution >= 0.6 is 0 Å². The Morgan fingerprint density at radius 3 is 2.86 bits per heavy atom. The van der Waals surface area contributed by atoms with Crippen LogP contribution in [0.5, 0.6) is 5.75 Å². The zero-order valence-corrected chi connectivity index (χ0v) is 13.2. The van der Waals surface area contributed by atoms with Crippen LogP contribution in [0.3, 0.4) is 0 Å². The lowest BCUT2D eigenvalue weighted by atomic mass is 9.84. The van der Waals surface area contributed by atoms with Crippen LogP contribution in [0.15, 0.2) is 18.2 Å². The molecule has 0 amide bonds. The highest BCUT2D eigenvalue weighted by Gasteiger charge is 2.34. The monoisotopic (exact) mass is 289 g/mol. The third-order valence-corrected chi connectivity index (χ3v) is 5.28. The molecule has 21 heavy (non-hydrogen) atoms. The largest absolute Gasteiger partial charge is 0.497 e. The molecular weight excluding hydrogens is 262 g/mol. The summed E-state index contributed by atoms with van der Waals surface area (Å²) in [7, 11) is 1.69. The Morgan fingerprint density at radius 2 is 2.05 bits per heavy atom. The molecule has 3 nitrogen and oxygen atoms in total. The van der Waals surface area contributed by atoms with E-state index >= 15 is 0 Å². The number of hydrogen-bond acceptors (Lipinski definition) is 3. The molecule has 0 spiro atoms. The highest BCUT2D eigenvalue weighted by Crippen LogP contribution is 2.37. The topological polar surface area (TPSA) is 32.7 Å². The number of ether oxygens (including phenoxy) is 1. The second-order valence-corrected chi connectivity index (χ2v) is 6.55. The van der Waals surface area contributed by atoms with Gasteiger partial charge in [0.05, 0.1) is 13.2 Å². The molecule has 0 bridgehead atoms. The van der Waals surface area contributed by atoms with Crippen LogP contribution < -0.4 is 4.74 Å². The molecule has 3 rings (SSSR count). The smallest absolute Gasteiger partial charge is 0.119 e. The van der Waals surface area contributed by atoms with Crippen LogP contribution in [0.1, 0.15) is 56.3 Å². The summed E-state index contributed by atoms with van der Waals surface area (Å²) in [5, 5.41) is 10.9. The molecule has 3 unspecified atom stereocenters. The molecule has 1 aliphatic heterocycles. The number of aryl methyl sites for hydroxylation is 1. The summed E-state index contributed by atoms with van der Waals surface area (Å²) in [5.41, 5.74) is 2.35. The van der Waals surface area contributed by atoms with E-state index in [4.69, 9.17) is 4.74 Å². The first-order valence-corrected chi connectivity index (χ1v) is 8.31. The zero-order chi connectivity index (χ0) is 14.8. The SMILES string of the molecule is COc1ccc2c(c1)C(O)C(N1CCCCCC1C)CC2. The molecule has 0 saturated carbocycles. The van der Waals surface area contributed by atoms with Crippen molar-refractivity contribution in [2.45, 2.75) is 63.6 Å². The first-order valence-electron chi connectivity index (χ1n) is 8.31. The number of rotatable bonds is 2. The van der Waals surface area contributed by atoms with Crippen LogP contribution in [-0.4, -0.2) is 35.7 Å². The van der Waals surface area contributed by atoms with E-state index in [9.17, 15) is 5.11 Å². The van der Waals surface area contributed by atoms with E-state index in [-0.39, 0.29) is 12.1 Å². The molecule has 0 radical (unpaired) electrons. The minimum atomic E-state index is -0.385. The molecule has 1 fully saturated rings. The Morgan fingerprint density at radius 1 is 1.19 bits per heavy atom. The van der Waals surface area contributed by atoms with Crippen LogP contribution in [-0.2, 0) is 6.42 Å². The minimum Gasteiger partial charge on any atom is -0.497 e. The van der Waals surface area contributed by atoms with Gasteiger partial charge in [0, 0.05) is 12.1 Å². The maximum absolute atomic E-state index is 10.9. The van der Waals surface area contributed by atoms with Crippen molar-refractivity contribution >= 4 is 0 Å². The lowest BCUT2D eigenvalue weighted by molar-refractivity contribution is 0.0169. The Bertz CT molecular complexity index is 488. The summed E-state index contributed by atoms with van der Waals surface area (Å²) >= 11 is 0. The van der Waals surface area contributed by atoms with Crippen molar-refractivity contribution in [3.8, 4) is 5.75 Å². The molecule has 3 heteroatoms. The zero-order valence-electron chi connectivity index (χ0n) is 13.2. The summed E-state index contributed by atoms with van der Waals surface area (Å²) in [6.07, 6.45) is 6.91. The highest BCUT2D eigenvalue weighted by molar-refractivity contribution is 5.39. The molecule has 2 aliphatic rings. The van der Waals surface area contributed by atoms with Crippen molar-refractivity contribution < 1.29 is 9.84 Å². The number of aliphatic hydroxyl groups is 1. The van der Waals surface area contributed by atoms with Crippen molar-refractivity contribution in [1.82, 2.24) is 4.90 Å². The van der Waals surface area contributed by atoms with Gasteiger partial charge in [0.2, 0.25) is 0 Å². The van der Waals surface area contributed by atoms with E-state index in [0.29, 0.717) is 6.04 Å². The molecular formula is C18H27NO2. The van der Waals surface area contributed by atoms with Gasteiger partial charge in [0.15, 0.2) is 0 Å². The fraction of sp³-hybridized carbons (Fsp3) is 0.667. The summed E-state index contributed by atoms with van der Waals surface area (Å²) in [6.45, 7) is 3.45. The van der Waals surface area contributed by atoms with Crippen LogP contribution in [0.25, 0.3) is 0 Å². The Labute approximate surface area is 127 Å². The van der Waals surface area contributed by atoms with Gasteiger partial charge in [-0.2, -0.15) is 0 Å². The molecule has 1 aromatic rings. The van der Waals surface area contributed by atoms with Crippen LogP contribution in [0.4, 0.5) is 0 Å². The van der Waals surface area contributed by atoms with E-state index in [1.807, 2.05) is 12.1 Å². The van der Waals surface area contributed by atoms with Gasteiger partial charge in [0.1, 0.15) is 5.75 Å². The van der Waals surface area contributed by atoms with E-state index in [1.165, 1.54) is 31.2 Å². The van der Waals surface area contributed by atoms with Crippen LogP contribution in [0, 0.1) is 0 Å². The van der Waals surface area contributed by atoms with Crippen molar-refractivity contribution in [3.63, 3.8) is 0 Å². The average molecular weight is 289 g/mol. The lowest BCUT2D eigenvalue weighted by Crippen LogP contribution is -2.46. The van der Waals surface area contributed by atoms with Gasteiger partial charge in [-0.3, -0.25) is 4.90 Å². The van der Waals surface area contributed by atoms with Crippen molar-refractivity contribution in [3.05, 3.63) is 29.3 Å². The second kappa shape index (κ2) is 6.37. The van der Waals surface area contributed by atoms with Gasteiger partial charge in [-0.1, -0.05) is 18.9 Å². The number of likely N-dealkylation sites (tertiary alicyclic amines) is 1. The van der Waals surface area contributed by atoms with Crippen molar-refractivity contribution in [2.24, 2.45) is 0 Å². The van der Waals surface area contributed by atoms with Crippen molar-refractivity contribution in [1.29, 1.82) is 0 Å². The molecule has 1 aliphatic carbocycles. The molecule has 116 valence electrons. The maximum Gasteiger partial charge on any atom is 0.119 e. The normalized spacial score (nSPS) is 30.5. The van der Waals surface area contributed by atoms with Gasteiger partial charge in [0.25, 0.3) is 0 Å². The number of fused-ring (bicyclic) bond motifs is 1. The Kier molecular flexibility index (Phi) is 4.51. The van der Waals surface area contributed by atoms with E-state index < -0.39 is 0 Å². The Hall–Kier alpha value is -1.06. The predicted molar refractivity (Wildman–Crippen MR) is 84.7 cm³/mol. The number of methoxy groups -OCH3 is 1. The predicted octanol–water partition coefficient (Wildman–Crippen LogP) is 3.31. The quantitative estimate of drug-likeness (QED) is 0.906. The van der Waals surface area contributed by atoms with Gasteiger partial charge in [-0.15, -0.1) is 0 Å². The molecule has 1 heterocycles. The molecule has 1 aromatic carbocycles. The lowest BCUT2D eigenvalue weighted by Gasteiger charge is -2.41. The third kappa shape index (κ3) is 2.95. The van der Waals surface area contributed by atoms with E-state index in [2.05, 4.69) is 17.9 Å². The fourth-order valence-corrected chi connectivity index (χ4v) is 4.01. The highest BCUT2D eigenvalue weighted by atomic mass is 16.5. The number of benzene rings is 1. The maximum atomic E-state index is 10.9. The standard InChI is InChI=1S/C18H27NO2/c1-13-6-4-3-5-11-19(13)17-10-8-14-7-9-15(21-2)12-16(14)18(17)20/h7,9,12-13,17-18,20H,3-6,8,10-11H2,1-2H3. The fourth-order valence-electron chi connectivity index (χ4n) is 4.01. The molecule has 1 saturated heterocycles. The van der Waals surface area contributed by atoms with Gasteiger partial charge < -0.3 is 9.84 Å². The minimum absolute atomic E-state index is 0.262. The summed E-state index contributed by atoms with van der Waals surface area (Å²) in [6, 6.07) is 6.98. The Balaban J connectivity index is 1.85. The first kappa shape index (κ1) is 14.9. The average Bonchev–Trinajstić information content (AvgIpc) is 2.72. The summed E-state index contributed by atoms with van der Waals surface area (Å²) in [5.74, 6) is 0.845. The third-order valence-electron chi connectivity index (χ3n) is 5.28. The van der Waals surface area contributed by atoms with E-state index in [1.54, 1.807) is 7.11 Å². The number of nitrogens with zero attached hydrogens (tertiary/aromatic N) is 1. The summed E-state index contributed by atoms with van der Waals surface area (Å²) < 4.78 is 5.33. The number of hydrogen-bond donors (Lipinski definition) is 1. The first-order chi connectivity index (χ1) is 10.2. The van der Waals surface area contributed by atoms with Crippen LogP contribution in [0.2, 0.25) is 0 Å². The summed E-state index contributed by atoms with van der Waals surface area (Å²) in [4.78, 5) is 2.56. The van der Waals surface area contributed by atoms with Gasteiger partial charge in [-0.05, 0) is 62.4 Å². The molecule has 3 atom stereocenters. The van der Waals surface area contributed by atoms with E-state index in [0.717, 1.165) is 30.7 Å². The molecule has 1 N–H and O–H groups in total. The van der Waals surface area contributed by atoms with Gasteiger partial charge in [-0.25, -0.2) is 0 Å². The van der Waals surface area contributed by atoms with Crippen molar-refractivity contribution in [2.75, 3.05) is 13.7 Å².